The Balaban J connectivity index is 0.000000194. The Labute approximate surface area is 916 Å². The summed E-state index contributed by atoms with van der Waals surface area (Å²) >= 11 is 0. The normalized spacial score (nSPS) is 13.8. The van der Waals surface area contributed by atoms with Crippen molar-refractivity contribution in [1.82, 2.24) is 0 Å². The van der Waals surface area contributed by atoms with Crippen molar-refractivity contribution in [2.24, 2.45) is 0 Å². The number of benzene rings is 25. The Kier molecular flexibility index (Phi) is 17.5. The van der Waals surface area contributed by atoms with Gasteiger partial charge in [0.2, 0.25) is 0 Å². The first-order valence-electron chi connectivity index (χ1n) is 68.6. The Bertz CT molecular complexity index is 10900. The summed E-state index contributed by atoms with van der Waals surface area (Å²) in [5.74, 6) is 0. The van der Waals surface area contributed by atoms with Crippen molar-refractivity contribution in [3.05, 3.63) is 532 Å². The standard InChI is InChI=1S/C53H36O.2C44H28O.4CH4.9H2/c1-53(2)46-22-12-10-16-39(46)45-32-36(28-31-47(45)53)38-30-29-37(51-44-21-11-13-23-48(44)54-52(38)51)33-24-26-35(27-25-33)50-42-19-8-6-17-40(42)49(34-14-4-3-5-15-34)41-18-7-9-20-43(41)50;1-3-13-29(14-4-1)33-21-11-23-39-40-24-12-22-34(44(40)45-43(33)39)30-25-27-32(28-26-30)42-37-19-9-7-17-35(37)41(31-15-5-2-6-16-31)36-18-8-10-20-38(36)42;1-3-11-29(12-4-1)33-23-25-35-36-26-24-34(28-42(36)45-41(35)27-33)30-19-21-32(22-20-30)44-39-17-9-7-15-37(39)43(31-13-5-2-6-14-31)38-16-8-10-18-40(38)44;;;;;;;;;;;;;/h3-32H,1-2H3;2*1-28H;4*1H4;9*1H/i6D,9D,17D,20D;1D,7D,8D,9D,25D,28D;15D,24D,26D,28D;4*1D;9*1+1D. The van der Waals surface area contributed by atoms with Crippen LogP contribution in [-0.4, -0.2) is 0 Å². The fraction of sp³-hybridized carbons (Fsp3) is 0.0483. The number of furan rings is 3. The van der Waals surface area contributed by atoms with Crippen LogP contribution in [0.3, 0.4) is 0 Å². The molecule has 25 aromatic carbocycles. The van der Waals surface area contributed by atoms with Crippen molar-refractivity contribution in [3.8, 4) is 145 Å². The van der Waals surface area contributed by atoms with E-state index in [1.54, 1.807) is 54.6 Å². The van der Waals surface area contributed by atoms with Crippen LogP contribution in [0.2, 0.25) is 0 Å². The van der Waals surface area contributed by atoms with Gasteiger partial charge in [-0.15, -0.1) is 0 Å². The molecule has 3 nitrogen and oxygen atoms in total. The maximum absolute atomic E-state index is 9.43. The lowest BCUT2D eigenvalue weighted by Gasteiger charge is -2.21. The Morgan fingerprint density at radius 1 is 0.189 bits per heavy atom. The third kappa shape index (κ3) is 15.8. The number of rotatable bonds is 12. The van der Waals surface area contributed by atoms with Crippen LogP contribution < -0.4 is 0 Å². The van der Waals surface area contributed by atoms with Gasteiger partial charge in [0.25, 0.3) is 0 Å². The lowest BCUT2D eigenvalue weighted by atomic mass is 9.82. The monoisotopic (exact) mass is 1950 g/mol. The van der Waals surface area contributed by atoms with E-state index < -0.39 is 0 Å². The highest BCUT2D eigenvalue weighted by atomic mass is 16.3. The molecule has 0 atom stereocenters. The summed E-state index contributed by atoms with van der Waals surface area (Å²) < 4.78 is 257. The summed E-state index contributed by atoms with van der Waals surface area (Å²) in [7, 11) is 5.00. The SMILES string of the molecule is [2H]C.[2H]C.[2H]C.[2H]C.[2H][2H].[2H][2H].[2H][2H].[2H][2H].[2H][2H].[2H][2H].[2H][2H].[2H][2H].[2H][2H].[2H]c1c(-c2ccc(-c3c4ccccc4c(-c4ccccc4)c4c([2H])cccc34)cc2)c([2H])c2oc3cc(-c4ccccc4)ccc3c2c1[2H].[2H]c1ccc(-c2cccc3c2oc2c(-c4cc([2H])c(-c5c6ccc([2H])cc6c(-c6ccccc6)c6cc([2H])c([2H])cc56)cc4[2H])cccc23)cc1.[2H]c1ccc2c(-c3ccc(-c4ccc(-c5ccc6c(c5)-c5ccccc5C6(C)C)c5oc6ccccc6c45)cc3)c3c([2H])c([2H])ccc3c(-c3ccccc3)c2c1[2H]. The smallest absolute Gasteiger partial charge is 0.143 e. The topological polar surface area (TPSA) is 39.4 Å². The molecule has 0 fully saturated rings. The van der Waals surface area contributed by atoms with E-state index in [0.29, 0.717) is 89.8 Å². The van der Waals surface area contributed by atoms with E-state index in [-0.39, 0.29) is 71.9 Å². The first-order chi connectivity index (χ1) is 90.0. The molecule has 28 aromatic rings. The van der Waals surface area contributed by atoms with Gasteiger partial charge in [0.05, 0.1) is 19.2 Å². The maximum Gasteiger partial charge on any atom is 0.143 e. The molecule has 1 aliphatic rings. The quantitative estimate of drug-likeness (QED) is 0.114. The van der Waals surface area contributed by atoms with Gasteiger partial charge < -0.3 is 13.3 Å². The van der Waals surface area contributed by atoms with Crippen LogP contribution in [0.4, 0.5) is 0 Å². The van der Waals surface area contributed by atoms with Crippen molar-refractivity contribution >= 4 is 130 Å². The second kappa shape index (κ2) is 38.6. The number of hydrogen-bond acceptors (Lipinski definition) is 3. The van der Waals surface area contributed by atoms with Gasteiger partial charge in [-0.3, -0.25) is 0 Å². The number of para-hydroxylation sites is 3. The summed E-state index contributed by atoms with van der Waals surface area (Å²) in [4.78, 5) is 0. The van der Waals surface area contributed by atoms with E-state index in [9.17, 15) is 5.48 Å². The molecular formula is C145H126O3. The molecule has 0 aliphatic heterocycles. The van der Waals surface area contributed by atoms with Crippen LogP contribution in [0.15, 0.2) is 535 Å². The van der Waals surface area contributed by atoms with Gasteiger partial charge in [-0.2, -0.15) is 0 Å². The van der Waals surface area contributed by atoms with E-state index >= 15 is 0 Å². The van der Waals surface area contributed by atoms with Gasteiger partial charge in [0.15, 0.2) is 0 Å². The van der Waals surface area contributed by atoms with Crippen molar-refractivity contribution in [3.63, 3.8) is 0 Å². The molecule has 0 amide bonds. The average molecular weight is 1950 g/mol. The summed E-state index contributed by atoms with van der Waals surface area (Å²) in [6, 6.07) is 146. The van der Waals surface area contributed by atoms with Gasteiger partial charge in [0.1, 0.15) is 33.5 Å². The highest BCUT2D eigenvalue weighted by Gasteiger charge is 2.36. The Hall–Kier alpha value is -18.5. The molecule has 724 valence electrons. The van der Waals surface area contributed by atoms with Crippen LogP contribution in [-0.2, 0) is 5.41 Å². The third-order valence-corrected chi connectivity index (χ3v) is 29.0. The zero-order chi connectivity index (χ0) is 134. The predicted octanol–water partition coefficient (Wildman–Crippen LogP) is 44.7. The molecule has 3 heteroatoms. The van der Waals surface area contributed by atoms with E-state index in [1.165, 1.54) is 51.9 Å². The van der Waals surface area contributed by atoms with Crippen LogP contribution in [0, 0.1) is 0 Å². The van der Waals surface area contributed by atoms with Gasteiger partial charge in [-0.1, -0.05) is 522 Å². The molecule has 0 spiro atoms. The van der Waals surface area contributed by atoms with Crippen LogP contribution >= 0.6 is 0 Å². The second-order valence-electron chi connectivity index (χ2n) is 37.4. The minimum Gasteiger partial charge on any atom is -0.456 e. The molecule has 0 saturated heterocycles. The summed E-state index contributed by atoms with van der Waals surface area (Å²) in [5, 5.41) is 15.2. The average Bonchev–Trinajstić information content (AvgIpc) is 1.40. The van der Waals surface area contributed by atoms with E-state index in [2.05, 4.69) is 135 Å². The van der Waals surface area contributed by atoms with E-state index in [0.717, 1.165) is 192 Å². The van der Waals surface area contributed by atoms with Crippen molar-refractivity contribution in [2.75, 3.05) is 0 Å². The summed E-state index contributed by atoms with van der Waals surface area (Å²) in [6.45, 7) is 4.61. The fourth-order valence-corrected chi connectivity index (χ4v) is 22.3. The molecule has 0 radical (unpaired) electrons. The van der Waals surface area contributed by atoms with Crippen molar-refractivity contribution < 1.29 is 64.7 Å². The molecule has 0 N–H and O–H groups in total. The summed E-state index contributed by atoms with van der Waals surface area (Å²) in [6.07, 6.45) is 0. The van der Waals surface area contributed by atoms with E-state index in [4.69, 9.17) is 59.2 Å². The molecular weight excluding hydrogens is 1790 g/mol. The number of fused-ring (bicyclic) bond motifs is 18. The predicted molar refractivity (Wildman–Crippen MR) is 655 cm³/mol. The summed E-state index contributed by atoms with van der Waals surface area (Å²) in [5.41, 5.74) is 30.1. The molecule has 148 heavy (non-hydrogen) atoms. The van der Waals surface area contributed by atoms with Crippen molar-refractivity contribution in [2.45, 2.75) is 48.9 Å². The zero-order valence-corrected chi connectivity index (χ0v) is 82.3. The third-order valence-electron chi connectivity index (χ3n) is 29.0. The zero-order valence-electron chi connectivity index (χ0n) is 118. The first kappa shape index (κ1) is 67.1. The number of hydrogen-bond donors (Lipinski definition) is 0. The maximum atomic E-state index is 9.43. The van der Waals surface area contributed by atoms with Gasteiger partial charge >= 0.3 is 0 Å². The van der Waals surface area contributed by atoms with Crippen LogP contribution in [0.1, 0.15) is 106 Å². The van der Waals surface area contributed by atoms with Crippen LogP contribution in [0.5, 0.6) is 0 Å². The Morgan fingerprint density at radius 3 is 1.19 bits per heavy atom. The van der Waals surface area contributed by atoms with Gasteiger partial charge in [-0.25, -0.2) is 0 Å². The minimum absolute atomic E-state index is 0.00190. The first-order valence-corrected chi connectivity index (χ1v) is 48.6. The van der Waals surface area contributed by atoms with Crippen LogP contribution in [0.25, 0.3) is 275 Å². The van der Waals surface area contributed by atoms with Gasteiger partial charge in [-0.05, 0) is 246 Å². The molecule has 3 aromatic heterocycles. The Morgan fingerprint density at radius 2 is 0.581 bits per heavy atom. The minimum atomic E-state index is -0.0720. The highest BCUT2D eigenvalue weighted by molar-refractivity contribution is 6.26. The molecule has 1 aliphatic carbocycles. The lowest BCUT2D eigenvalue weighted by Crippen LogP contribution is -2.14. The molecule has 0 bridgehead atoms. The molecule has 29 rings (SSSR count). The fourth-order valence-electron chi connectivity index (χ4n) is 22.3. The molecule has 0 unspecified atom stereocenters. The van der Waals surface area contributed by atoms with Crippen molar-refractivity contribution in [1.29, 1.82) is 0 Å². The largest absolute Gasteiger partial charge is 0.456 e. The molecule has 3 heterocycles. The van der Waals surface area contributed by atoms with E-state index in [1.807, 2.05) is 261 Å². The molecule has 0 saturated carbocycles. The lowest BCUT2D eigenvalue weighted by molar-refractivity contribution is 0.660. The second-order valence-corrected chi connectivity index (χ2v) is 37.4. The highest BCUT2D eigenvalue weighted by Crippen LogP contribution is 2.54. The van der Waals surface area contributed by atoms with Gasteiger partial charge in [0, 0.05) is 86.6 Å².